The summed E-state index contributed by atoms with van der Waals surface area (Å²) >= 11 is 6.00. The van der Waals surface area contributed by atoms with Crippen LogP contribution in [0.25, 0.3) is 0 Å². The molecule has 4 nitrogen and oxygen atoms in total. The number of ether oxygens (including phenoxy) is 1. The maximum atomic E-state index is 13.4. The van der Waals surface area contributed by atoms with Gasteiger partial charge in [-0.2, -0.15) is 13.2 Å². The van der Waals surface area contributed by atoms with Crippen molar-refractivity contribution in [1.29, 1.82) is 0 Å². The number of rotatable bonds is 4. The van der Waals surface area contributed by atoms with Gasteiger partial charge in [-0.05, 0) is 42.3 Å². The van der Waals surface area contributed by atoms with Gasteiger partial charge in [0.05, 0.1) is 12.2 Å². The number of fused-ring (bicyclic) bond motifs is 1. The summed E-state index contributed by atoms with van der Waals surface area (Å²) in [5, 5.41) is 0.400. The first-order chi connectivity index (χ1) is 13.2. The normalized spacial score (nSPS) is 16.7. The van der Waals surface area contributed by atoms with Crippen LogP contribution >= 0.6 is 11.6 Å². The molecule has 148 valence electrons. The molecule has 0 fully saturated rings. The van der Waals surface area contributed by atoms with Crippen molar-refractivity contribution < 1.29 is 27.5 Å². The van der Waals surface area contributed by atoms with Crippen LogP contribution < -0.4 is 4.90 Å². The van der Waals surface area contributed by atoms with Crippen molar-refractivity contribution in [3.63, 3.8) is 0 Å². The number of ketones is 1. The van der Waals surface area contributed by atoms with Crippen LogP contribution in [0.4, 0.5) is 18.9 Å². The predicted molar refractivity (Wildman–Crippen MR) is 98.2 cm³/mol. The lowest BCUT2D eigenvalue weighted by Gasteiger charge is -2.37. The van der Waals surface area contributed by atoms with Crippen molar-refractivity contribution in [2.45, 2.75) is 32.1 Å². The Labute approximate surface area is 164 Å². The summed E-state index contributed by atoms with van der Waals surface area (Å²) in [6, 6.07) is 8.54. The zero-order valence-corrected chi connectivity index (χ0v) is 15.7. The smallest absolute Gasteiger partial charge is 0.416 e. The molecule has 0 aliphatic carbocycles. The molecule has 1 aliphatic heterocycles. The van der Waals surface area contributed by atoms with Gasteiger partial charge in [0, 0.05) is 23.7 Å². The highest BCUT2D eigenvalue weighted by molar-refractivity contribution is 6.30. The first-order valence-corrected chi connectivity index (χ1v) is 8.99. The van der Waals surface area contributed by atoms with Gasteiger partial charge < -0.3 is 9.64 Å². The highest BCUT2D eigenvalue weighted by Crippen LogP contribution is 2.36. The van der Waals surface area contributed by atoms with E-state index in [1.54, 1.807) is 25.1 Å². The molecule has 2 aromatic rings. The lowest BCUT2D eigenvalue weighted by atomic mass is 9.93. The summed E-state index contributed by atoms with van der Waals surface area (Å²) in [6.07, 6.45) is -4.60. The Morgan fingerprint density at radius 1 is 1.25 bits per heavy atom. The van der Waals surface area contributed by atoms with Gasteiger partial charge in [-0.3, -0.25) is 4.79 Å². The van der Waals surface area contributed by atoms with E-state index in [0.29, 0.717) is 16.3 Å². The van der Waals surface area contributed by atoms with Gasteiger partial charge in [-0.15, -0.1) is 0 Å². The molecule has 0 bridgehead atoms. The van der Waals surface area contributed by atoms with Crippen LogP contribution in [0, 0.1) is 0 Å². The van der Waals surface area contributed by atoms with E-state index in [-0.39, 0.29) is 25.1 Å². The van der Waals surface area contributed by atoms with E-state index in [2.05, 4.69) is 0 Å². The van der Waals surface area contributed by atoms with E-state index in [1.807, 2.05) is 0 Å². The molecule has 0 radical (unpaired) electrons. The monoisotopic (exact) mass is 411 g/mol. The average Bonchev–Trinajstić information content (AvgIpc) is 2.61. The van der Waals surface area contributed by atoms with Crippen molar-refractivity contribution in [2.24, 2.45) is 0 Å². The lowest BCUT2D eigenvalue weighted by Crippen LogP contribution is -2.51. The van der Waals surface area contributed by atoms with Crippen molar-refractivity contribution in [2.75, 3.05) is 11.5 Å². The maximum absolute atomic E-state index is 13.4. The molecule has 1 aliphatic rings. The molecule has 0 amide bonds. The first-order valence-electron chi connectivity index (χ1n) is 8.62. The van der Waals surface area contributed by atoms with E-state index in [4.69, 9.17) is 16.3 Å². The Balaban J connectivity index is 2.09. The minimum absolute atomic E-state index is 0.0418. The second-order valence-electron chi connectivity index (χ2n) is 6.35. The van der Waals surface area contributed by atoms with Crippen LogP contribution in [0.15, 0.2) is 42.5 Å². The van der Waals surface area contributed by atoms with Crippen molar-refractivity contribution in [3.05, 3.63) is 64.2 Å². The highest BCUT2D eigenvalue weighted by Gasteiger charge is 2.41. The third-order valence-electron chi connectivity index (χ3n) is 4.51. The molecule has 3 rings (SSSR count). The Kier molecular flexibility index (Phi) is 5.65. The van der Waals surface area contributed by atoms with E-state index in [9.17, 15) is 22.8 Å². The van der Waals surface area contributed by atoms with Gasteiger partial charge in [0.2, 0.25) is 0 Å². The average molecular weight is 412 g/mol. The Morgan fingerprint density at radius 2 is 1.96 bits per heavy atom. The van der Waals surface area contributed by atoms with E-state index < -0.39 is 29.5 Å². The summed E-state index contributed by atoms with van der Waals surface area (Å²) in [4.78, 5) is 26.5. The number of benzene rings is 2. The summed E-state index contributed by atoms with van der Waals surface area (Å²) in [6.45, 7) is 1.38. The van der Waals surface area contributed by atoms with Crippen LogP contribution in [-0.4, -0.2) is 24.4 Å². The molecule has 0 N–H and O–H groups in total. The number of carbonyl (C=O) groups is 2. The van der Waals surface area contributed by atoms with E-state index >= 15 is 0 Å². The fourth-order valence-corrected chi connectivity index (χ4v) is 3.54. The number of Topliss-reactive ketones (excluding diaryl/α,β-unsaturated/α-hetero) is 1. The van der Waals surface area contributed by atoms with Gasteiger partial charge in [0.1, 0.15) is 0 Å². The zero-order chi connectivity index (χ0) is 20.5. The molecular weight excluding hydrogens is 395 g/mol. The Morgan fingerprint density at radius 3 is 2.64 bits per heavy atom. The summed E-state index contributed by atoms with van der Waals surface area (Å²) in [7, 11) is 0. The second-order valence-corrected chi connectivity index (χ2v) is 6.79. The number of hydrogen-bond donors (Lipinski definition) is 0. The number of alkyl halides is 3. The molecule has 8 heteroatoms. The number of esters is 1. The molecule has 1 unspecified atom stereocenters. The number of carbonyl (C=O) groups excluding carboxylic acids is 2. The van der Waals surface area contributed by atoms with Crippen molar-refractivity contribution in [3.8, 4) is 0 Å². The number of halogens is 4. The van der Waals surface area contributed by atoms with Crippen molar-refractivity contribution in [1.82, 2.24) is 0 Å². The minimum Gasteiger partial charge on any atom is -0.464 e. The summed E-state index contributed by atoms with van der Waals surface area (Å²) in [5.41, 5.74) is 0.188. The minimum atomic E-state index is -4.56. The molecule has 28 heavy (non-hydrogen) atoms. The fourth-order valence-electron chi connectivity index (χ4n) is 3.35. The quantitative estimate of drug-likeness (QED) is 0.552. The van der Waals surface area contributed by atoms with E-state index in [0.717, 1.165) is 6.07 Å². The zero-order valence-electron chi connectivity index (χ0n) is 14.9. The van der Waals surface area contributed by atoms with Crippen LogP contribution in [0.1, 0.15) is 23.6 Å². The fraction of sp³-hybridized carbons (Fsp3) is 0.300. The predicted octanol–water partition coefficient (Wildman–Crippen LogP) is 4.42. The molecule has 1 atom stereocenters. The first kappa shape index (κ1) is 20.2. The number of anilines is 1. The Hall–Kier alpha value is -2.54. The van der Waals surface area contributed by atoms with Crippen LogP contribution in [0.5, 0.6) is 0 Å². The molecule has 0 aromatic heterocycles. The lowest BCUT2D eigenvalue weighted by molar-refractivity contribution is -0.147. The van der Waals surface area contributed by atoms with Crippen LogP contribution in [-0.2, 0) is 33.5 Å². The largest absolute Gasteiger partial charge is 0.464 e. The molecular formula is C20H17ClF3NO3. The van der Waals surface area contributed by atoms with Gasteiger partial charge in [0.15, 0.2) is 11.8 Å². The molecule has 2 aromatic carbocycles. The second kappa shape index (κ2) is 7.83. The molecule has 0 spiro atoms. The summed E-state index contributed by atoms with van der Waals surface area (Å²) in [5.74, 6) is -1.23. The van der Waals surface area contributed by atoms with Gasteiger partial charge in [0.25, 0.3) is 0 Å². The number of hydrogen-bond acceptors (Lipinski definition) is 4. The van der Waals surface area contributed by atoms with Crippen LogP contribution in [0.3, 0.4) is 0 Å². The SMILES string of the molecule is CCOC(=O)C1C(=O)Cc2cc(Cl)ccc2N1Cc1ccccc1C(F)(F)F. The maximum Gasteiger partial charge on any atom is 0.416 e. The van der Waals surface area contributed by atoms with Gasteiger partial charge >= 0.3 is 12.1 Å². The summed E-state index contributed by atoms with van der Waals surface area (Å²) < 4.78 is 45.2. The number of nitrogens with zero attached hydrogens (tertiary/aromatic N) is 1. The third kappa shape index (κ3) is 3.99. The van der Waals surface area contributed by atoms with E-state index in [1.165, 1.54) is 23.1 Å². The third-order valence-corrected chi connectivity index (χ3v) is 4.74. The standard InChI is InChI=1S/C20H17ClF3NO3/c1-2-28-19(27)18-17(26)10-13-9-14(21)7-8-16(13)25(18)11-12-5-3-4-6-15(12)20(22,23)24/h3-9,18H,2,10-11H2,1H3. The van der Waals surface area contributed by atoms with Crippen LogP contribution in [0.2, 0.25) is 5.02 Å². The molecule has 1 heterocycles. The Bertz CT molecular complexity index is 914. The van der Waals surface area contributed by atoms with Gasteiger partial charge in [-0.1, -0.05) is 29.8 Å². The van der Waals surface area contributed by atoms with Gasteiger partial charge in [-0.25, -0.2) is 4.79 Å². The van der Waals surface area contributed by atoms with Crippen molar-refractivity contribution >= 4 is 29.0 Å². The molecule has 0 saturated carbocycles. The topological polar surface area (TPSA) is 46.6 Å². The molecule has 0 saturated heterocycles. The highest BCUT2D eigenvalue weighted by atomic mass is 35.5.